The molecule has 0 amide bonds. The molecular weight excluding hydrogens is 186 g/mol. The first kappa shape index (κ1) is 11.8. The molecule has 0 aliphatic rings. The van der Waals surface area contributed by atoms with Crippen molar-refractivity contribution in [2.45, 2.75) is 25.8 Å². The molecule has 1 atom stereocenters. The van der Waals surface area contributed by atoms with Gasteiger partial charge in [-0.3, -0.25) is 0 Å². The minimum Gasteiger partial charge on any atom is -0.496 e. The van der Waals surface area contributed by atoms with Crippen molar-refractivity contribution in [2.75, 3.05) is 7.11 Å². The van der Waals surface area contributed by atoms with Crippen LogP contribution in [0.4, 0.5) is 0 Å². The van der Waals surface area contributed by atoms with Gasteiger partial charge in [-0.1, -0.05) is 37.3 Å². The van der Waals surface area contributed by atoms with Gasteiger partial charge < -0.3 is 10.5 Å². The van der Waals surface area contributed by atoms with E-state index >= 15 is 0 Å². The summed E-state index contributed by atoms with van der Waals surface area (Å²) in [5.41, 5.74) is 8.33. The van der Waals surface area contributed by atoms with Gasteiger partial charge in [0.15, 0.2) is 0 Å². The number of hydrogen-bond donors (Lipinski definition) is 1. The third kappa shape index (κ3) is 3.10. The van der Waals surface area contributed by atoms with Gasteiger partial charge in [0.1, 0.15) is 5.75 Å². The van der Waals surface area contributed by atoms with Crippen molar-refractivity contribution in [3.05, 3.63) is 42.0 Å². The number of benzene rings is 1. The quantitative estimate of drug-likeness (QED) is 0.750. The van der Waals surface area contributed by atoms with Crippen molar-refractivity contribution in [3.8, 4) is 5.75 Å². The molecule has 0 heterocycles. The number of ether oxygens (including phenoxy) is 1. The van der Waals surface area contributed by atoms with Crippen molar-refractivity contribution in [2.24, 2.45) is 5.73 Å². The first-order valence-corrected chi connectivity index (χ1v) is 5.24. The zero-order valence-electron chi connectivity index (χ0n) is 9.49. The molecule has 0 bridgehead atoms. The zero-order valence-corrected chi connectivity index (χ0v) is 9.49. The Labute approximate surface area is 91.7 Å². The lowest BCUT2D eigenvalue weighted by Crippen LogP contribution is -2.12. The number of nitrogens with two attached hydrogens (primary N) is 1. The number of methoxy groups -OCH3 is 1. The second-order valence-corrected chi connectivity index (χ2v) is 3.66. The molecule has 0 spiro atoms. The van der Waals surface area contributed by atoms with Gasteiger partial charge in [0, 0.05) is 11.6 Å². The first-order chi connectivity index (χ1) is 7.19. The lowest BCUT2D eigenvalue weighted by Gasteiger charge is -2.16. The average Bonchev–Trinajstić information content (AvgIpc) is 2.28. The molecule has 0 saturated carbocycles. The maximum Gasteiger partial charge on any atom is 0.123 e. The molecule has 2 nitrogen and oxygen atoms in total. The Kier molecular flexibility index (Phi) is 4.37. The van der Waals surface area contributed by atoms with E-state index in [4.69, 9.17) is 10.5 Å². The lowest BCUT2D eigenvalue weighted by atomic mass is 9.98. The molecule has 0 aliphatic heterocycles. The third-order valence-corrected chi connectivity index (χ3v) is 2.55. The van der Waals surface area contributed by atoms with E-state index < -0.39 is 0 Å². The van der Waals surface area contributed by atoms with Gasteiger partial charge in [-0.2, -0.15) is 0 Å². The van der Waals surface area contributed by atoms with Gasteiger partial charge in [-0.25, -0.2) is 0 Å². The molecule has 1 aromatic carbocycles. The molecular formula is C13H19NO. The molecule has 1 aromatic rings. The summed E-state index contributed by atoms with van der Waals surface area (Å²) in [5.74, 6) is 0.855. The van der Waals surface area contributed by atoms with Crippen molar-refractivity contribution >= 4 is 0 Å². The summed E-state index contributed by atoms with van der Waals surface area (Å²) in [4.78, 5) is 0. The van der Waals surface area contributed by atoms with Crippen LogP contribution >= 0.6 is 0 Å². The summed E-state index contributed by atoms with van der Waals surface area (Å²) in [6, 6.07) is 7.85. The van der Waals surface area contributed by atoms with Crippen LogP contribution in [0.3, 0.4) is 0 Å². The second kappa shape index (κ2) is 5.56. The van der Waals surface area contributed by atoms with Gasteiger partial charge in [0.25, 0.3) is 0 Å². The summed E-state index contributed by atoms with van der Waals surface area (Å²) in [6.45, 7) is 6.07. The summed E-state index contributed by atoms with van der Waals surface area (Å²) in [7, 11) is 1.67. The number of hydrogen-bond acceptors (Lipinski definition) is 2. The fourth-order valence-electron chi connectivity index (χ4n) is 1.54. The lowest BCUT2D eigenvalue weighted by molar-refractivity contribution is 0.405. The highest BCUT2D eigenvalue weighted by Gasteiger charge is 2.11. The van der Waals surface area contributed by atoms with Gasteiger partial charge in [-0.15, -0.1) is 0 Å². The molecule has 1 rings (SSSR count). The van der Waals surface area contributed by atoms with Crippen LogP contribution in [0.15, 0.2) is 36.4 Å². The average molecular weight is 205 g/mol. The van der Waals surface area contributed by atoms with E-state index in [1.807, 2.05) is 24.3 Å². The van der Waals surface area contributed by atoms with Gasteiger partial charge in [0.2, 0.25) is 0 Å². The van der Waals surface area contributed by atoms with Crippen LogP contribution < -0.4 is 10.5 Å². The highest BCUT2D eigenvalue weighted by atomic mass is 16.5. The monoisotopic (exact) mass is 205 g/mol. The molecule has 15 heavy (non-hydrogen) atoms. The minimum atomic E-state index is -0.0198. The Bertz CT molecular complexity index is 333. The second-order valence-electron chi connectivity index (χ2n) is 3.66. The fraction of sp³-hybridized carbons (Fsp3) is 0.385. The van der Waals surface area contributed by atoms with Crippen LogP contribution in [0.2, 0.25) is 0 Å². The van der Waals surface area contributed by atoms with Crippen LogP contribution in [-0.2, 0) is 0 Å². The van der Waals surface area contributed by atoms with Crippen LogP contribution in [-0.4, -0.2) is 7.11 Å². The van der Waals surface area contributed by atoms with Crippen molar-refractivity contribution < 1.29 is 4.74 Å². The molecule has 1 unspecified atom stereocenters. The van der Waals surface area contributed by atoms with Crippen molar-refractivity contribution in [3.63, 3.8) is 0 Å². The van der Waals surface area contributed by atoms with E-state index in [9.17, 15) is 0 Å². The summed E-state index contributed by atoms with van der Waals surface area (Å²) in [6.07, 6.45) is 1.79. The SMILES string of the molecule is C=C(CC)CC(N)c1ccccc1OC. The number of rotatable bonds is 5. The van der Waals surface area contributed by atoms with E-state index in [0.717, 1.165) is 24.2 Å². The van der Waals surface area contributed by atoms with Crippen LogP contribution in [0.25, 0.3) is 0 Å². The Hall–Kier alpha value is -1.28. The first-order valence-electron chi connectivity index (χ1n) is 5.24. The third-order valence-electron chi connectivity index (χ3n) is 2.55. The summed E-state index contributed by atoms with van der Waals surface area (Å²) in [5, 5.41) is 0. The summed E-state index contributed by atoms with van der Waals surface area (Å²) >= 11 is 0. The molecule has 0 saturated heterocycles. The van der Waals surface area contributed by atoms with Crippen LogP contribution in [0.5, 0.6) is 5.75 Å². The van der Waals surface area contributed by atoms with Gasteiger partial charge >= 0.3 is 0 Å². The standard InChI is InChI=1S/C13H19NO/c1-4-10(2)9-12(14)11-7-5-6-8-13(11)15-3/h5-8,12H,2,4,9,14H2,1,3H3. The molecule has 82 valence electrons. The van der Waals surface area contributed by atoms with Crippen molar-refractivity contribution in [1.82, 2.24) is 0 Å². The maximum absolute atomic E-state index is 6.11. The Morgan fingerprint density at radius 3 is 2.73 bits per heavy atom. The highest BCUT2D eigenvalue weighted by Crippen LogP contribution is 2.27. The van der Waals surface area contributed by atoms with Gasteiger partial charge in [-0.05, 0) is 18.9 Å². The molecule has 0 aromatic heterocycles. The molecule has 0 radical (unpaired) electrons. The van der Waals surface area contributed by atoms with Gasteiger partial charge in [0.05, 0.1) is 7.11 Å². The van der Waals surface area contributed by atoms with Crippen LogP contribution in [0.1, 0.15) is 31.4 Å². The fourth-order valence-corrected chi connectivity index (χ4v) is 1.54. The zero-order chi connectivity index (χ0) is 11.3. The Balaban J connectivity index is 2.80. The Morgan fingerprint density at radius 1 is 1.47 bits per heavy atom. The molecule has 0 fully saturated rings. The molecule has 0 aliphatic carbocycles. The predicted molar refractivity (Wildman–Crippen MR) is 64.0 cm³/mol. The number of para-hydroxylation sites is 1. The largest absolute Gasteiger partial charge is 0.496 e. The maximum atomic E-state index is 6.11. The highest BCUT2D eigenvalue weighted by molar-refractivity contribution is 5.36. The van der Waals surface area contributed by atoms with Crippen molar-refractivity contribution in [1.29, 1.82) is 0 Å². The molecule has 2 heteroatoms. The summed E-state index contributed by atoms with van der Waals surface area (Å²) < 4.78 is 5.27. The van der Waals surface area contributed by atoms with Crippen LogP contribution in [0, 0.1) is 0 Å². The normalized spacial score (nSPS) is 12.2. The predicted octanol–water partition coefficient (Wildman–Crippen LogP) is 3.05. The van der Waals surface area contributed by atoms with E-state index in [1.54, 1.807) is 7.11 Å². The molecule has 2 N–H and O–H groups in total. The minimum absolute atomic E-state index is 0.0198. The smallest absolute Gasteiger partial charge is 0.123 e. The van der Waals surface area contributed by atoms with E-state index in [1.165, 1.54) is 5.57 Å². The Morgan fingerprint density at radius 2 is 2.13 bits per heavy atom. The topological polar surface area (TPSA) is 35.2 Å². The van der Waals surface area contributed by atoms with E-state index in [2.05, 4.69) is 13.5 Å². The van der Waals surface area contributed by atoms with E-state index in [-0.39, 0.29) is 6.04 Å². The van der Waals surface area contributed by atoms with E-state index in [0.29, 0.717) is 0 Å².